The van der Waals surface area contributed by atoms with Crippen LogP contribution in [0.3, 0.4) is 0 Å². The van der Waals surface area contributed by atoms with Gasteiger partial charge >= 0.3 is 0 Å². The van der Waals surface area contributed by atoms with Crippen molar-refractivity contribution in [1.29, 1.82) is 0 Å². The van der Waals surface area contributed by atoms with E-state index >= 15 is 0 Å². The molecular weight excluding hydrogens is 378 g/mol. The second-order valence-corrected chi connectivity index (χ2v) is 8.41. The number of pyridine rings is 1. The molecule has 1 aromatic carbocycles. The van der Waals surface area contributed by atoms with Crippen LogP contribution in [0.5, 0.6) is 0 Å². The molecule has 0 N–H and O–H groups in total. The molecule has 0 spiro atoms. The van der Waals surface area contributed by atoms with Crippen LogP contribution in [0.4, 0.5) is 0 Å². The van der Waals surface area contributed by atoms with Crippen molar-refractivity contribution >= 4 is 20.6 Å². The topological polar surface area (TPSA) is 99.7 Å². The third kappa shape index (κ3) is 3.09. The lowest BCUT2D eigenvalue weighted by atomic mass is 10.2. The molecule has 0 fully saturated rings. The van der Waals surface area contributed by atoms with Gasteiger partial charge in [-0.15, -0.1) is 0 Å². The molecule has 0 atom stereocenters. The summed E-state index contributed by atoms with van der Waals surface area (Å²) in [6.45, 7) is 2.17. The van der Waals surface area contributed by atoms with Crippen molar-refractivity contribution in [3.8, 4) is 0 Å². The summed E-state index contributed by atoms with van der Waals surface area (Å²) in [4.78, 5) is 17.2. The third-order valence-electron chi connectivity index (χ3n) is 4.56. The number of aryl methyl sites for hydroxylation is 2. The number of hydrogen-bond donors (Lipinski definition) is 0. The molecule has 8 nitrogen and oxygen atoms in total. The molecule has 28 heavy (non-hydrogen) atoms. The van der Waals surface area contributed by atoms with Crippen LogP contribution in [-0.4, -0.2) is 33.0 Å². The van der Waals surface area contributed by atoms with Crippen molar-refractivity contribution in [2.24, 2.45) is 7.05 Å². The molecule has 0 aliphatic heterocycles. The predicted molar refractivity (Wildman–Crippen MR) is 103 cm³/mol. The zero-order chi connectivity index (χ0) is 19.9. The molecule has 0 bridgehead atoms. The smallest absolute Gasteiger partial charge is 0.274 e. The molecule has 0 saturated heterocycles. The SMILES string of the molecule is Cc1ncccc1Cn1ncc2cc(S(=O)(=O)c3cnn(C)c3)ccc2c1=O. The zero-order valence-corrected chi connectivity index (χ0v) is 16.1. The molecule has 0 radical (unpaired) electrons. The van der Waals surface area contributed by atoms with E-state index in [-0.39, 0.29) is 15.4 Å². The van der Waals surface area contributed by atoms with Crippen molar-refractivity contribution in [2.75, 3.05) is 0 Å². The summed E-state index contributed by atoms with van der Waals surface area (Å²) in [5.74, 6) is 0. The lowest BCUT2D eigenvalue weighted by Gasteiger charge is -2.09. The van der Waals surface area contributed by atoms with Gasteiger partial charge < -0.3 is 0 Å². The van der Waals surface area contributed by atoms with Crippen LogP contribution in [0, 0.1) is 6.92 Å². The van der Waals surface area contributed by atoms with Gasteiger partial charge in [0.1, 0.15) is 4.90 Å². The Bertz CT molecular complexity index is 1360. The van der Waals surface area contributed by atoms with E-state index in [2.05, 4.69) is 15.2 Å². The summed E-state index contributed by atoms with van der Waals surface area (Å²) in [5, 5.41) is 8.99. The zero-order valence-electron chi connectivity index (χ0n) is 15.3. The Morgan fingerprint density at radius 2 is 1.89 bits per heavy atom. The molecule has 0 aliphatic rings. The lowest BCUT2D eigenvalue weighted by molar-refractivity contribution is 0.596. The summed E-state index contributed by atoms with van der Waals surface area (Å²) >= 11 is 0. The summed E-state index contributed by atoms with van der Waals surface area (Å²) in [5.41, 5.74) is 1.44. The average Bonchev–Trinajstić information content (AvgIpc) is 3.12. The maximum atomic E-state index is 12.8. The van der Waals surface area contributed by atoms with E-state index in [1.807, 2.05) is 19.1 Å². The van der Waals surface area contributed by atoms with Crippen LogP contribution < -0.4 is 5.56 Å². The van der Waals surface area contributed by atoms with Gasteiger partial charge in [-0.25, -0.2) is 13.1 Å². The normalized spacial score (nSPS) is 11.8. The highest BCUT2D eigenvalue weighted by Gasteiger charge is 2.20. The fraction of sp³-hybridized carbons (Fsp3) is 0.158. The minimum Gasteiger partial charge on any atom is -0.274 e. The quantitative estimate of drug-likeness (QED) is 0.522. The maximum absolute atomic E-state index is 12.8. The van der Waals surface area contributed by atoms with E-state index in [0.29, 0.717) is 17.3 Å². The molecule has 0 saturated carbocycles. The van der Waals surface area contributed by atoms with Crippen molar-refractivity contribution in [3.05, 3.63) is 76.7 Å². The van der Waals surface area contributed by atoms with Gasteiger partial charge in [-0.05, 0) is 36.8 Å². The predicted octanol–water partition coefficient (Wildman–Crippen LogP) is 1.71. The van der Waals surface area contributed by atoms with Crippen LogP contribution in [0.25, 0.3) is 10.8 Å². The summed E-state index contributed by atoms with van der Waals surface area (Å²) in [7, 11) is -2.07. The molecule has 142 valence electrons. The Labute approximate surface area is 161 Å². The van der Waals surface area contributed by atoms with Crippen molar-refractivity contribution in [2.45, 2.75) is 23.3 Å². The van der Waals surface area contributed by atoms with Gasteiger partial charge in [0.05, 0.1) is 29.2 Å². The Morgan fingerprint density at radius 1 is 1.07 bits per heavy atom. The largest absolute Gasteiger partial charge is 0.274 e. The molecule has 4 rings (SSSR count). The van der Waals surface area contributed by atoms with Crippen LogP contribution in [0.1, 0.15) is 11.3 Å². The van der Waals surface area contributed by atoms with Crippen LogP contribution in [-0.2, 0) is 23.4 Å². The first-order chi connectivity index (χ1) is 13.4. The number of sulfone groups is 1. The molecular formula is C19H17N5O3S. The number of hydrogen-bond acceptors (Lipinski definition) is 6. The van der Waals surface area contributed by atoms with E-state index in [1.165, 1.54) is 46.2 Å². The van der Waals surface area contributed by atoms with E-state index in [4.69, 9.17) is 0 Å². The standard InChI is InChI=1S/C19H17N5O3S/c1-13-14(4-3-7-20-13)11-24-19(25)18-6-5-16(8-15(18)9-22-24)28(26,27)17-10-21-23(2)12-17/h3-10,12H,11H2,1-2H3. The molecule has 3 aromatic heterocycles. The second kappa shape index (κ2) is 6.68. The Balaban J connectivity index is 1.76. The fourth-order valence-electron chi connectivity index (χ4n) is 2.97. The molecule has 0 amide bonds. The van der Waals surface area contributed by atoms with E-state index < -0.39 is 9.84 Å². The van der Waals surface area contributed by atoms with Gasteiger partial charge in [0, 0.05) is 30.5 Å². The van der Waals surface area contributed by atoms with Crippen molar-refractivity contribution in [1.82, 2.24) is 24.5 Å². The van der Waals surface area contributed by atoms with Gasteiger partial charge in [-0.1, -0.05) is 6.07 Å². The first kappa shape index (κ1) is 18.1. The molecule has 3 heterocycles. The molecule has 0 unspecified atom stereocenters. The van der Waals surface area contributed by atoms with Gasteiger partial charge in [-0.2, -0.15) is 10.2 Å². The fourth-order valence-corrected chi connectivity index (χ4v) is 4.24. The van der Waals surface area contributed by atoms with Crippen LogP contribution in [0.15, 0.2) is 69.7 Å². The highest BCUT2D eigenvalue weighted by Crippen LogP contribution is 2.23. The van der Waals surface area contributed by atoms with E-state index in [0.717, 1.165) is 11.3 Å². The molecule has 0 aliphatic carbocycles. The number of nitrogens with zero attached hydrogens (tertiary/aromatic N) is 5. The molecule has 9 heteroatoms. The second-order valence-electron chi connectivity index (χ2n) is 6.46. The third-order valence-corrected chi connectivity index (χ3v) is 6.27. The summed E-state index contributed by atoms with van der Waals surface area (Å²) < 4.78 is 28.3. The van der Waals surface area contributed by atoms with Crippen molar-refractivity contribution < 1.29 is 8.42 Å². The monoisotopic (exact) mass is 395 g/mol. The highest BCUT2D eigenvalue weighted by molar-refractivity contribution is 7.91. The van der Waals surface area contributed by atoms with Gasteiger partial charge in [0.15, 0.2) is 0 Å². The summed E-state index contributed by atoms with van der Waals surface area (Å²) in [6.07, 6.45) is 5.93. The number of benzene rings is 1. The Hall–Kier alpha value is -3.33. The van der Waals surface area contributed by atoms with Gasteiger partial charge in [0.25, 0.3) is 5.56 Å². The summed E-state index contributed by atoms with van der Waals surface area (Å²) in [6, 6.07) is 8.13. The van der Waals surface area contributed by atoms with E-state index in [1.54, 1.807) is 13.2 Å². The maximum Gasteiger partial charge on any atom is 0.274 e. The number of rotatable bonds is 4. The minimum atomic E-state index is -3.71. The Kier molecular flexibility index (Phi) is 4.31. The van der Waals surface area contributed by atoms with Crippen LogP contribution >= 0.6 is 0 Å². The minimum absolute atomic E-state index is 0.0926. The molecule has 4 aromatic rings. The lowest BCUT2D eigenvalue weighted by Crippen LogP contribution is -2.23. The highest BCUT2D eigenvalue weighted by atomic mass is 32.2. The van der Waals surface area contributed by atoms with E-state index in [9.17, 15) is 13.2 Å². The van der Waals surface area contributed by atoms with Crippen LogP contribution in [0.2, 0.25) is 0 Å². The van der Waals surface area contributed by atoms with Gasteiger partial charge in [0.2, 0.25) is 9.84 Å². The van der Waals surface area contributed by atoms with Crippen molar-refractivity contribution in [3.63, 3.8) is 0 Å². The number of fused-ring (bicyclic) bond motifs is 1. The Morgan fingerprint density at radius 3 is 2.61 bits per heavy atom. The average molecular weight is 395 g/mol. The first-order valence-corrected chi connectivity index (χ1v) is 9.99. The van der Waals surface area contributed by atoms with Gasteiger partial charge in [-0.3, -0.25) is 14.5 Å². The number of aromatic nitrogens is 5. The first-order valence-electron chi connectivity index (χ1n) is 8.50.